The molecule has 1 saturated heterocycles. The van der Waals surface area contributed by atoms with Crippen molar-refractivity contribution in [2.24, 2.45) is 0 Å². The van der Waals surface area contributed by atoms with Crippen molar-refractivity contribution in [2.75, 3.05) is 13.1 Å². The lowest BCUT2D eigenvalue weighted by molar-refractivity contribution is -0.143. The van der Waals surface area contributed by atoms with Crippen LogP contribution in [-0.4, -0.2) is 38.6 Å². The fourth-order valence-corrected chi connectivity index (χ4v) is 5.08. The molecule has 2 aromatic carbocycles. The summed E-state index contributed by atoms with van der Waals surface area (Å²) in [6, 6.07) is 7.20. The second-order valence-corrected chi connectivity index (χ2v) is 10.3. The number of halogens is 6. The second kappa shape index (κ2) is 9.04. The third-order valence-electron chi connectivity index (χ3n) is 5.62. The number of ether oxygens (including phenoxy) is 1. The van der Waals surface area contributed by atoms with Gasteiger partial charge in [-0.25, -0.2) is 13.1 Å². The van der Waals surface area contributed by atoms with E-state index in [0.29, 0.717) is 19.5 Å². The topological polar surface area (TPSA) is 58.6 Å². The average Bonchev–Trinajstić information content (AvgIpc) is 3.45. The van der Waals surface area contributed by atoms with Gasteiger partial charge in [-0.1, -0.05) is 12.1 Å². The molecule has 0 aromatic heterocycles. The summed E-state index contributed by atoms with van der Waals surface area (Å²) >= 11 is 0. The van der Waals surface area contributed by atoms with Crippen molar-refractivity contribution >= 4 is 10.0 Å². The number of nitrogens with one attached hydrogen (secondary N) is 1. The summed E-state index contributed by atoms with van der Waals surface area (Å²) in [5, 5.41) is 0. The molecule has 4 rings (SSSR count). The molecule has 0 unspecified atom stereocenters. The lowest BCUT2D eigenvalue weighted by atomic mass is 10.1. The van der Waals surface area contributed by atoms with Crippen molar-refractivity contribution in [3.63, 3.8) is 0 Å². The van der Waals surface area contributed by atoms with Gasteiger partial charge in [0.2, 0.25) is 10.0 Å². The lowest BCUT2D eigenvalue weighted by Crippen LogP contribution is -2.37. The van der Waals surface area contributed by atoms with Crippen LogP contribution in [0.25, 0.3) is 0 Å². The van der Waals surface area contributed by atoms with E-state index in [2.05, 4.69) is 4.72 Å². The normalized spacial score (nSPS) is 20.0. The summed E-state index contributed by atoms with van der Waals surface area (Å²) in [4.78, 5) is 0.886. The van der Waals surface area contributed by atoms with E-state index in [0.717, 1.165) is 24.2 Å². The van der Waals surface area contributed by atoms with Crippen LogP contribution in [0.4, 0.5) is 26.3 Å². The van der Waals surface area contributed by atoms with Crippen molar-refractivity contribution in [3.8, 4) is 5.75 Å². The zero-order valence-corrected chi connectivity index (χ0v) is 18.6. The molecule has 1 N–H and O–H groups in total. The maximum absolute atomic E-state index is 13.1. The molecule has 0 radical (unpaired) electrons. The van der Waals surface area contributed by atoms with Crippen LogP contribution in [0.1, 0.15) is 36.0 Å². The number of sulfonamides is 1. The smallest absolute Gasteiger partial charge is 0.416 e. The highest BCUT2D eigenvalue weighted by molar-refractivity contribution is 7.89. The van der Waals surface area contributed by atoms with Crippen molar-refractivity contribution in [1.29, 1.82) is 0 Å². The molecular weight excluding hydrogens is 486 g/mol. The van der Waals surface area contributed by atoms with Crippen molar-refractivity contribution < 1.29 is 39.5 Å². The first-order valence-electron chi connectivity index (χ1n) is 10.6. The summed E-state index contributed by atoms with van der Waals surface area (Å²) in [6.45, 7) is 1.30. The molecule has 2 fully saturated rings. The van der Waals surface area contributed by atoms with E-state index >= 15 is 0 Å². The number of likely N-dealkylation sites (tertiary alicyclic amines) is 1. The molecule has 2 aromatic rings. The van der Waals surface area contributed by atoms with Crippen molar-refractivity contribution in [1.82, 2.24) is 9.62 Å². The number of nitrogens with zero attached hydrogens (tertiary/aromatic N) is 1. The van der Waals surface area contributed by atoms with Gasteiger partial charge in [0.1, 0.15) is 5.75 Å². The standard InChI is InChI=1S/C22H22F6N2O3S/c23-21(24,25)15-9-16(22(26,27)28)11-20(10-15)34(31,32)29-17-7-8-30(13-17)12-14-1-3-18(4-2-14)33-19-5-6-19/h1-4,9-11,17,19,29H,5-8,12-13H2/t17-/m1/s1. The van der Waals surface area contributed by atoms with Crippen LogP contribution in [0.15, 0.2) is 47.4 Å². The zero-order valence-electron chi connectivity index (χ0n) is 17.8. The lowest BCUT2D eigenvalue weighted by Gasteiger charge is -2.18. The SMILES string of the molecule is O=S(=O)(N[C@@H]1CCN(Cc2ccc(OC3CC3)cc2)C1)c1cc(C(F)(F)F)cc(C(F)(F)F)c1. The van der Waals surface area contributed by atoms with Crippen LogP contribution in [0.5, 0.6) is 5.75 Å². The minimum Gasteiger partial charge on any atom is -0.490 e. The summed E-state index contributed by atoms with van der Waals surface area (Å²) in [5.74, 6) is 0.776. The van der Waals surface area contributed by atoms with Gasteiger partial charge in [-0.15, -0.1) is 0 Å². The summed E-state index contributed by atoms with van der Waals surface area (Å²) in [7, 11) is -4.61. The monoisotopic (exact) mass is 508 g/mol. The van der Waals surface area contributed by atoms with Gasteiger partial charge in [-0.05, 0) is 55.2 Å². The van der Waals surface area contributed by atoms with Gasteiger partial charge in [0.15, 0.2) is 0 Å². The van der Waals surface area contributed by atoms with Crippen molar-refractivity contribution in [2.45, 2.75) is 55.2 Å². The number of rotatable bonds is 7. The largest absolute Gasteiger partial charge is 0.490 e. The van der Waals surface area contributed by atoms with Gasteiger partial charge in [0, 0.05) is 25.7 Å². The Labute approximate surface area is 192 Å². The third-order valence-corrected chi connectivity index (χ3v) is 7.12. The van der Waals surface area contributed by atoms with Gasteiger partial charge >= 0.3 is 12.4 Å². The molecule has 2 aliphatic rings. The third kappa shape index (κ3) is 6.22. The number of hydrogen-bond acceptors (Lipinski definition) is 4. The molecule has 1 saturated carbocycles. The van der Waals surface area contributed by atoms with Gasteiger partial charge in [0.05, 0.1) is 22.1 Å². The zero-order chi connectivity index (χ0) is 24.7. The first-order valence-corrected chi connectivity index (χ1v) is 12.1. The molecule has 34 heavy (non-hydrogen) atoms. The summed E-state index contributed by atoms with van der Waals surface area (Å²) in [5.41, 5.74) is -2.38. The Morgan fingerprint density at radius 1 is 0.912 bits per heavy atom. The Kier molecular flexibility index (Phi) is 6.60. The van der Waals surface area contributed by atoms with E-state index in [9.17, 15) is 34.8 Å². The molecular formula is C22H22F6N2O3S. The predicted molar refractivity (Wildman–Crippen MR) is 111 cm³/mol. The molecule has 1 atom stereocenters. The average molecular weight is 508 g/mol. The van der Waals surface area contributed by atoms with Crippen LogP contribution in [0.3, 0.4) is 0 Å². The minimum absolute atomic E-state index is 0.0999. The first-order chi connectivity index (χ1) is 15.8. The highest BCUT2D eigenvalue weighted by Gasteiger charge is 2.39. The van der Waals surface area contributed by atoms with Gasteiger partial charge in [-0.2, -0.15) is 26.3 Å². The fraction of sp³-hybridized carbons (Fsp3) is 0.455. The van der Waals surface area contributed by atoms with Gasteiger partial charge in [0.25, 0.3) is 0 Å². The number of hydrogen-bond donors (Lipinski definition) is 1. The Morgan fingerprint density at radius 2 is 1.50 bits per heavy atom. The minimum atomic E-state index is -5.13. The Bertz CT molecular complexity index is 1100. The maximum Gasteiger partial charge on any atom is 0.416 e. The second-order valence-electron chi connectivity index (χ2n) is 8.54. The summed E-state index contributed by atoms with van der Waals surface area (Å²) in [6.07, 6.45) is -7.52. The molecule has 0 spiro atoms. The van der Waals surface area contributed by atoms with Crippen LogP contribution in [0.2, 0.25) is 0 Å². The van der Waals surface area contributed by atoms with Crippen LogP contribution >= 0.6 is 0 Å². The number of alkyl halides is 6. The molecule has 1 heterocycles. The van der Waals surface area contributed by atoms with E-state index in [1.807, 2.05) is 29.2 Å². The Balaban J connectivity index is 1.42. The first kappa shape index (κ1) is 24.8. The molecule has 0 bridgehead atoms. The van der Waals surface area contributed by atoms with E-state index in [-0.39, 0.29) is 30.8 Å². The van der Waals surface area contributed by atoms with Gasteiger partial charge < -0.3 is 4.74 Å². The van der Waals surface area contributed by atoms with E-state index < -0.39 is 44.4 Å². The summed E-state index contributed by atoms with van der Waals surface area (Å²) < 4.78 is 112. The molecule has 12 heteroatoms. The number of benzene rings is 2. The highest BCUT2D eigenvalue weighted by Crippen LogP contribution is 2.37. The molecule has 186 valence electrons. The van der Waals surface area contributed by atoms with E-state index in [4.69, 9.17) is 4.74 Å². The van der Waals surface area contributed by atoms with Crippen LogP contribution < -0.4 is 9.46 Å². The predicted octanol–water partition coefficient (Wildman–Crippen LogP) is 4.82. The maximum atomic E-state index is 13.1. The molecule has 1 aliphatic heterocycles. The van der Waals surface area contributed by atoms with Crippen LogP contribution in [-0.2, 0) is 28.9 Å². The van der Waals surface area contributed by atoms with E-state index in [1.165, 1.54) is 0 Å². The quantitative estimate of drug-likeness (QED) is 0.545. The van der Waals surface area contributed by atoms with Crippen molar-refractivity contribution in [3.05, 3.63) is 59.2 Å². The Hall–Kier alpha value is -2.31. The molecule has 0 amide bonds. The molecule has 1 aliphatic carbocycles. The highest BCUT2D eigenvalue weighted by atomic mass is 32.2. The molecule has 5 nitrogen and oxygen atoms in total. The fourth-order valence-electron chi connectivity index (χ4n) is 3.75. The van der Waals surface area contributed by atoms with Crippen LogP contribution in [0, 0.1) is 0 Å². The Morgan fingerprint density at radius 3 is 2.03 bits per heavy atom. The van der Waals surface area contributed by atoms with Gasteiger partial charge in [-0.3, -0.25) is 4.90 Å². The van der Waals surface area contributed by atoms with E-state index in [1.54, 1.807) is 0 Å².